The van der Waals surface area contributed by atoms with E-state index in [0.29, 0.717) is 12.1 Å². The smallest absolute Gasteiger partial charge is 0.201 e. The van der Waals surface area contributed by atoms with Crippen LogP contribution in [0.5, 0.6) is 0 Å². The van der Waals surface area contributed by atoms with Crippen LogP contribution in [0.25, 0.3) is 11.0 Å². The zero-order valence-electron chi connectivity index (χ0n) is 12.0. The summed E-state index contributed by atoms with van der Waals surface area (Å²) in [6.45, 7) is 0.580. The Balaban J connectivity index is 2.07. The Hall–Kier alpha value is -1.30. The third kappa shape index (κ3) is 2.50. The lowest BCUT2D eigenvalue weighted by Crippen LogP contribution is -2.33. The molecule has 21 heavy (non-hydrogen) atoms. The normalized spacial score (nSPS) is 18.2. The van der Waals surface area contributed by atoms with E-state index >= 15 is 0 Å². The van der Waals surface area contributed by atoms with Crippen LogP contribution in [0.1, 0.15) is 32.1 Å². The Morgan fingerprint density at radius 1 is 1.29 bits per heavy atom. The second-order valence-electron chi connectivity index (χ2n) is 5.73. The maximum Gasteiger partial charge on any atom is 0.201 e. The van der Waals surface area contributed by atoms with Gasteiger partial charge >= 0.3 is 0 Å². The number of hydrogen-bond donors (Lipinski definition) is 1. The molecule has 1 aromatic heterocycles. The molecule has 1 aliphatic rings. The van der Waals surface area contributed by atoms with Gasteiger partial charge in [-0.2, -0.15) is 11.8 Å². The molecule has 0 spiro atoms. The predicted molar refractivity (Wildman–Crippen MR) is 83.4 cm³/mol. The van der Waals surface area contributed by atoms with Crippen molar-refractivity contribution >= 4 is 28.7 Å². The zero-order chi connectivity index (χ0) is 15.0. The van der Waals surface area contributed by atoms with Gasteiger partial charge in [0.1, 0.15) is 5.52 Å². The van der Waals surface area contributed by atoms with Crippen LogP contribution in [-0.2, 0) is 6.54 Å². The molecule has 0 radical (unpaired) electrons. The first-order chi connectivity index (χ1) is 10.1. The molecule has 0 amide bonds. The van der Waals surface area contributed by atoms with Crippen molar-refractivity contribution in [2.75, 3.05) is 12.0 Å². The first kappa shape index (κ1) is 14.6. The Kier molecular flexibility index (Phi) is 3.82. The first-order valence-corrected chi connectivity index (χ1v) is 8.44. The van der Waals surface area contributed by atoms with Crippen LogP contribution in [0.4, 0.5) is 14.7 Å². The number of nitrogens with two attached hydrogens (primary N) is 1. The Bertz CT molecular complexity index is 662. The number of imidazole rings is 1. The predicted octanol–water partition coefficient (Wildman–Crippen LogP) is 3.96. The molecule has 114 valence electrons. The molecule has 0 saturated heterocycles. The van der Waals surface area contributed by atoms with Gasteiger partial charge in [-0.05, 0) is 31.2 Å². The van der Waals surface area contributed by atoms with Gasteiger partial charge in [-0.3, -0.25) is 0 Å². The molecule has 3 rings (SSSR count). The van der Waals surface area contributed by atoms with E-state index in [-0.39, 0.29) is 16.2 Å². The molecule has 1 aromatic carbocycles. The van der Waals surface area contributed by atoms with Crippen LogP contribution < -0.4 is 5.73 Å². The summed E-state index contributed by atoms with van der Waals surface area (Å²) in [5.41, 5.74) is 6.56. The van der Waals surface area contributed by atoms with Gasteiger partial charge in [0.2, 0.25) is 5.95 Å². The third-order valence-corrected chi connectivity index (χ3v) is 5.88. The van der Waals surface area contributed by atoms with Crippen molar-refractivity contribution in [3.63, 3.8) is 0 Å². The maximum atomic E-state index is 14.2. The molecular weight excluding hydrogens is 292 g/mol. The second-order valence-corrected chi connectivity index (χ2v) is 7.01. The van der Waals surface area contributed by atoms with E-state index in [9.17, 15) is 8.78 Å². The number of nitrogens with zero attached hydrogens (tertiary/aromatic N) is 2. The van der Waals surface area contributed by atoms with Crippen molar-refractivity contribution in [3.8, 4) is 0 Å². The van der Waals surface area contributed by atoms with E-state index in [1.165, 1.54) is 25.3 Å². The fraction of sp³-hybridized carbons (Fsp3) is 0.533. The van der Waals surface area contributed by atoms with Crippen molar-refractivity contribution in [1.82, 2.24) is 9.55 Å². The van der Waals surface area contributed by atoms with Crippen molar-refractivity contribution in [2.24, 2.45) is 0 Å². The van der Waals surface area contributed by atoms with Gasteiger partial charge in [-0.15, -0.1) is 0 Å². The molecule has 2 N–H and O–H groups in total. The summed E-state index contributed by atoms with van der Waals surface area (Å²) >= 11 is 1.80. The number of halogens is 2. The van der Waals surface area contributed by atoms with Gasteiger partial charge in [0.25, 0.3) is 0 Å². The van der Waals surface area contributed by atoms with Crippen LogP contribution in [0.3, 0.4) is 0 Å². The summed E-state index contributed by atoms with van der Waals surface area (Å²) in [7, 11) is 0. The topological polar surface area (TPSA) is 43.8 Å². The summed E-state index contributed by atoms with van der Waals surface area (Å²) < 4.78 is 29.4. The zero-order valence-corrected chi connectivity index (χ0v) is 12.8. The summed E-state index contributed by atoms with van der Waals surface area (Å²) in [4.78, 5) is 4.17. The molecular formula is C15H19F2N3S. The van der Waals surface area contributed by atoms with Gasteiger partial charge in [0.15, 0.2) is 11.6 Å². The molecule has 3 nitrogen and oxygen atoms in total. The Labute approximate surface area is 126 Å². The average Bonchev–Trinajstić information content (AvgIpc) is 2.81. The number of aromatic nitrogens is 2. The average molecular weight is 311 g/mol. The van der Waals surface area contributed by atoms with Gasteiger partial charge in [0.05, 0.1) is 5.52 Å². The molecule has 1 heterocycles. The molecule has 0 bridgehead atoms. The number of nitrogen functional groups attached to an aromatic ring is 1. The summed E-state index contributed by atoms with van der Waals surface area (Å²) in [5, 5.41) is 0. The highest BCUT2D eigenvalue weighted by Gasteiger charge is 2.33. The summed E-state index contributed by atoms with van der Waals surface area (Å²) in [5.74, 6) is -1.46. The number of hydrogen-bond acceptors (Lipinski definition) is 3. The second kappa shape index (κ2) is 5.48. The number of anilines is 1. The molecule has 0 atom stereocenters. The highest BCUT2D eigenvalue weighted by Crippen LogP contribution is 2.41. The minimum atomic E-state index is -0.858. The Morgan fingerprint density at radius 2 is 2.00 bits per heavy atom. The van der Waals surface area contributed by atoms with E-state index in [1.807, 2.05) is 0 Å². The lowest BCUT2D eigenvalue weighted by Gasteiger charge is -2.36. The van der Waals surface area contributed by atoms with E-state index in [1.54, 1.807) is 16.3 Å². The monoisotopic (exact) mass is 311 g/mol. The lowest BCUT2D eigenvalue weighted by molar-refractivity contribution is 0.361. The number of thioether (sulfide) groups is 1. The van der Waals surface area contributed by atoms with Gasteiger partial charge in [0, 0.05) is 11.3 Å². The van der Waals surface area contributed by atoms with E-state index in [4.69, 9.17) is 5.73 Å². The van der Waals surface area contributed by atoms with E-state index in [2.05, 4.69) is 11.2 Å². The van der Waals surface area contributed by atoms with Crippen molar-refractivity contribution in [1.29, 1.82) is 0 Å². The highest BCUT2D eigenvalue weighted by atomic mass is 32.2. The molecule has 0 aliphatic heterocycles. The van der Waals surface area contributed by atoms with Gasteiger partial charge in [-0.1, -0.05) is 19.3 Å². The fourth-order valence-electron chi connectivity index (χ4n) is 3.25. The molecule has 6 heteroatoms. The highest BCUT2D eigenvalue weighted by molar-refractivity contribution is 8.00. The van der Waals surface area contributed by atoms with Crippen LogP contribution in [-0.4, -0.2) is 20.6 Å². The minimum Gasteiger partial charge on any atom is -0.369 e. The van der Waals surface area contributed by atoms with Crippen LogP contribution in [0, 0.1) is 11.6 Å². The third-order valence-electron chi connectivity index (χ3n) is 4.47. The SMILES string of the molecule is CSC1(Cn2c(N)nc3ccc(F)c(F)c32)CCCCC1. The maximum absolute atomic E-state index is 14.2. The molecule has 1 aliphatic carbocycles. The summed E-state index contributed by atoms with van der Waals surface area (Å²) in [6.07, 6.45) is 7.81. The molecule has 1 saturated carbocycles. The fourth-order valence-corrected chi connectivity index (χ4v) is 4.20. The van der Waals surface area contributed by atoms with E-state index < -0.39 is 11.6 Å². The minimum absolute atomic E-state index is 0.0404. The molecule has 0 unspecified atom stereocenters. The van der Waals surface area contributed by atoms with Crippen LogP contribution >= 0.6 is 11.8 Å². The largest absolute Gasteiger partial charge is 0.369 e. The molecule has 1 fully saturated rings. The van der Waals surface area contributed by atoms with Crippen molar-refractivity contribution < 1.29 is 8.78 Å². The van der Waals surface area contributed by atoms with Crippen LogP contribution in [0.15, 0.2) is 12.1 Å². The number of benzene rings is 1. The lowest BCUT2D eigenvalue weighted by atomic mass is 9.88. The number of fused-ring (bicyclic) bond motifs is 1. The molecule has 2 aromatic rings. The number of rotatable bonds is 3. The van der Waals surface area contributed by atoms with Crippen LogP contribution in [0.2, 0.25) is 0 Å². The van der Waals surface area contributed by atoms with E-state index in [0.717, 1.165) is 18.9 Å². The van der Waals surface area contributed by atoms with Gasteiger partial charge in [-0.25, -0.2) is 13.8 Å². The van der Waals surface area contributed by atoms with Gasteiger partial charge < -0.3 is 10.3 Å². The van der Waals surface area contributed by atoms with Crippen molar-refractivity contribution in [3.05, 3.63) is 23.8 Å². The van der Waals surface area contributed by atoms with Crippen molar-refractivity contribution in [2.45, 2.75) is 43.4 Å². The first-order valence-electron chi connectivity index (χ1n) is 7.21. The Morgan fingerprint density at radius 3 is 2.67 bits per heavy atom. The standard InChI is InChI=1S/C15H19F2N3S/c1-21-15(7-3-2-4-8-15)9-20-13-11(19-14(20)18)6-5-10(16)12(13)17/h5-6H,2-4,7-9H2,1H3,(H2,18,19). The quantitative estimate of drug-likeness (QED) is 0.933. The summed E-state index contributed by atoms with van der Waals surface area (Å²) in [6, 6.07) is 2.58.